The fraction of sp³-hybridized carbons (Fsp3) is 0.600. The van der Waals surface area contributed by atoms with Crippen LogP contribution in [0.15, 0.2) is 6.07 Å². The maximum atomic E-state index is 6.29. The van der Waals surface area contributed by atoms with Crippen molar-refractivity contribution >= 4 is 46.4 Å². The van der Waals surface area contributed by atoms with Crippen molar-refractivity contribution < 1.29 is 0 Å². The molecule has 1 nitrogen and oxygen atoms in total. The Labute approximate surface area is 140 Å². The molecule has 0 bridgehead atoms. The summed E-state index contributed by atoms with van der Waals surface area (Å²) in [5, 5.41) is 1.89. The zero-order valence-corrected chi connectivity index (χ0v) is 14.3. The highest BCUT2D eigenvalue weighted by Gasteiger charge is 2.33. The van der Waals surface area contributed by atoms with E-state index >= 15 is 0 Å². The first-order chi connectivity index (χ1) is 9.49. The molecule has 1 aromatic rings. The van der Waals surface area contributed by atoms with Crippen molar-refractivity contribution in [2.45, 2.75) is 44.9 Å². The molecule has 5 heteroatoms. The SMILES string of the molecule is NCCC1(CCc2c(Cl)cc(Cl)c(Cl)c2Cl)CCCC1. The molecule has 0 aromatic heterocycles. The Morgan fingerprint density at radius 1 is 0.950 bits per heavy atom. The number of hydrogen-bond donors (Lipinski definition) is 1. The Kier molecular flexibility index (Phi) is 5.90. The van der Waals surface area contributed by atoms with Crippen molar-refractivity contribution in [1.82, 2.24) is 0 Å². The molecule has 0 radical (unpaired) electrons. The molecular formula is C15H19Cl4N. The largest absolute Gasteiger partial charge is 0.330 e. The normalized spacial score (nSPS) is 17.6. The minimum atomic E-state index is 0.355. The second-order valence-corrected chi connectivity index (χ2v) is 7.26. The van der Waals surface area contributed by atoms with Gasteiger partial charge in [-0.15, -0.1) is 0 Å². The molecule has 0 atom stereocenters. The van der Waals surface area contributed by atoms with E-state index in [1.165, 1.54) is 25.7 Å². The van der Waals surface area contributed by atoms with E-state index in [0.717, 1.165) is 31.4 Å². The van der Waals surface area contributed by atoms with E-state index in [-0.39, 0.29) is 0 Å². The van der Waals surface area contributed by atoms with Gasteiger partial charge in [0.2, 0.25) is 0 Å². The predicted octanol–water partition coefficient (Wildman–Crippen LogP) is 6.14. The van der Waals surface area contributed by atoms with Crippen molar-refractivity contribution in [3.63, 3.8) is 0 Å². The van der Waals surface area contributed by atoms with Crippen LogP contribution in [0.4, 0.5) is 0 Å². The lowest BCUT2D eigenvalue weighted by atomic mass is 9.77. The Hall–Kier alpha value is 0.340. The summed E-state index contributed by atoms with van der Waals surface area (Å²) in [5.41, 5.74) is 7.04. The van der Waals surface area contributed by atoms with Crippen LogP contribution >= 0.6 is 46.4 Å². The molecule has 0 unspecified atom stereocenters. The molecule has 1 saturated carbocycles. The molecule has 0 heterocycles. The summed E-state index contributed by atoms with van der Waals surface area (Å²) in [6, 6.07) is 1.68. The van der Waals surface area contributed by atoms with E-state index in [1.54, 1.807) is 6.07 Å². The zero-order valence-electron chi connectivity index (χ0n) is 11.3. The minimum Gasteiger partial charge on any atom is -0.330 e. The van der Waals surface area contributed by atoms with Crippen molar-refractivity contribution in [3.05, 3.63) is 31.7 Å². The van der Waals surface area contributed by atoms with Crippen LogP contribution in [0, 0.1) is 5.41 Å². The van der Waals surface area contributed by atoms with E-state index in [9.17, 15) is 0 Å². The number of nitrogens with two attached hydrogens (primary N) is 1. The summed E-state index contributed by atoms with van der Waals surface area (Å²) in [7, 11) is 0. The number of hydrogen-bond acceptors (Lipinski definition) is 1. The first kappa shape index (κ1) is 16.7. The monoisotopic (exact) mass is 353 g/mol. The van der Waals surface area contributed by atoms with E-state index < -0.39 is 0 Å². The summed E-state index contributed by atoms with van der Waals surface area (Å²) >= 11 is 24.6. The van der Waals surface area contributed by atoms with Gasteiger partial charge in [0.05, 0.1) is 15.1 Å². The van der Waals surface area contributed by atoms with Gasteiger partial charge in [0.15, 0.2) is 0 Å². The average Bonchev–Trinajstić information content (AvgIpc) is 2.85. The Morgan fingerprint density at radius 2 is 1.60 bits per heavy atom. The molecule has 1 aliphatic carbocycles. The molecule has 1 aromatic carbocycles. The third kappa shape index (κ3) is 3.56. The zero-order chi connectivity index (χ0) is 14.8. The first-order valence-electron chi connectivity index (χ1n) is 7.01. The maximum Gasteiger partial charge on any atom is 0.0782 e. The van der Waals surface area contributed by atoms with Gasteiger partial charge in [-0.05, 0) is 55.7 Å². The molecule has 2 rings (SSSR count). The van der Waals surface area contributed by atoms with Gasteiger partial charge in [0.1, 0.15) is 0 Å². The lowest BCUT2D eigenvalue weighted by Crippen LogP contribution is -2.22. The molecule has 1 fully saturated rings. The van der Waals surface area contributed by atoms with Crippen LogP contribution in [0.3, 0.4) is 0 Å². The molecular weight excluding hydrogens is 336 g/mol. The molecule has 20 heavy (non-hydrogen) atoms. The first-order valence-corrected chi connectivity index (χ1v) is 8.52. The third-order valence-electron chi connectivity index (χ3n) is 4.45. The third-order valence-corrected chi connectivity index (χ3v) is 6.09. The number of benzene rings is 1. The van der Waals surface area contributed by atoms with E-state index in [0.29, 0.717) is 25.5 Å². The molecule has 0 amide bonds. The second-order valence-electron chi connectivity index (χ2n) is 5.69. The topological polar surface area (TPSA) is 26.0 Å². The predicted molar refractivity (Wildman–Crippen MR) is 89.4 cm³/mol. The second kappa shape index (κ2) is 7.07. The van der Waals surface area contributed by atoms with Crippen molar-refractivity contribution in [2.24, 2.45) is 11.1 Å². The van der Waals surface area contributed by atoms with E-state index in [1.807, 2.05) is 0 Å². The average molecular weight is 355 g/mol. The minimum absolute atomic E-state index is 0.355. The standard InChI is InChI=1S/C15H19Cl4N/c16-11-9-12(17)14(19)13(18)10(11)3-6-15(7-8-20)4-1-2-5-15/h9H,1-8,20H2. The van der Waals surface area contributed by atoms with Gasteiger partial charge in [-0.2, -0.15) is 0 Å². The number of rotatable bonds is 5. The van der Waals surface area contributed by atoms with Gasteiger partial charge >= 0.3 is 0 Å². The molecule has 2 N–H and O–H groups in total. The van der Waals surface area contributed by atoms with Gasteiger partial charge in [-0.3, -0.25) is 0 Å². The molecule has 112 valence electrons. The van der Waals surface area contributed by atoms with Crippen LogP contribution < -0.4 is 5.73 Å². The molecule has 0 spiro atoms. The molecule has 1 aliphatic rings. The summed E-state index contributed by atoms with van der Waals surface area (Å²) in [5.74, 6) is 0. The molecule has 0 aliphatic heterocycles. The van der Waals surface area contributed by atoms with Gasteiger partial charge in [-0.1, -0.05) is 59.2 Å². The lowest BCUT2D eigenvalue weighted by molar-refractivity contribution is 0.253. The number of halogens is 4. The Balaban J connectivity index is 2.16. The van der Waals surface area contributed by atoms with E-state index in [2.05, 4.69) is 0 Å². The van der Waals surface area contributed by atoms with E-state index in [4.69, 9.17) is 52.1 Å². The van der Waals surface area contributed by atoms with Crippen molar-refractivity contribution in [2.75, 3.05) is 6.54 Å². The van der Waals surface area contributed by atoms with Crippen molar-refractivity contribution in [3.8, 4) is 0 Å². The lowest BCUT2D eigenvalue weighted by Gasteiger charge is -2.29. The van der Waals surface area contributed by atoms with Crippen LogP contribution in [-0.2, 0) is 6.42 Å². The van der Waals surface area contributed by atoms with Gasteiger partial charge in [0.25, 0.3) is 0 Å². The van der Waals surface area contributed by atoms with Gasteiger partial charge < -0.3 is 5.73 Å². The Morgan fingerprint density at radius 3 is 2.20 bits per heavy atom. The summed E-state index contributed by atoms with van der Waals surface area (Å²) < 4.78 is 0. The van der Waals surface area contributed by atoms with Crippen LogP contribution in [0.1, 0.15) is 44.1 Å². The Bertz CT molecular complexity index is 481. The van der Waals surface area contributed by atoms with Gasteiger partial charge in [0, 0.05) is 5.02 Å². The molecule has 0 saturated heterocycles. The van der Waals surface area contributed by atoms with Crippen LogP contribution in [0.5, 0.6) is 0 Å². The fourth-order valence-electron chi connectivity index (χ4n) is 3.28. The highest BCUT2D eigenvalue weighted by molar-refractivity contribution is 6.49. The smallest absolute Gasteiger partial charge is 0.0782 e. The van der Waals surface area contributed by atoms with Crippen LogP contribution in [-0.4, -0.2) is 6.54 Å². The van der Waals surface area contributed by atoms with Crippen LogP contribution in [0.2, 0.25) is 20.1 Å². The van der Waals surface area contributed by atoms with Crippen molar-refractivity contribution in [1.29, 1.82) is 0 Å². The highest BCUT2D eigenvalue weighted by Crippen LogP contribution is 2.46. The summed E-state index contributed by atoms with van der Waals surface area (Å²) in [6.07, 6.45) is 8.05. The summed E-state index contributed by atoms with van der Waals surface area (Å²) in [6.45, 7) is 0.739. The maximum absolute atomic E-state index is 6.29. The fourth-order valence-corrected chi connectivity index (χ4v) is 4.40. The van der Waals surface area contributed by atoms with Crippen LogP contribution in [0.25, 0.3) is 0 Å². The van der Waals surface area contributed by atoms with Gasteiger partial charge in [-0.25, -0.2) is 0 Å². The highest BCUT2D eigenvalue weighted by atomic mass is 35.5. The quantitative estimate of drug-likeness (QED) is 0.498. The summed E-state index contributed by atoms with van der Waals surface area (Å²) in [4.78, 5) is 0.